The first-order valence-electron chi connectivity index (χ1n) is 5.54. The van der Waals surface area contributed by atoms with E-state index in [1.54, 1.807) is 0 Å². The van der Waals surface area contributed by atoms with Gasteiger partial charge in [-0.3, -0.25) is 10.1 Å². The van der Waals surface area contributed by atoms with E-state index >= 15 is 0 Å². The summed E-state index contributed by atoms with van der Waals surface area (Å²) in [5, 5.41) is 14.3. The Morgan fingerprint density at radius 1 is 1.35 bits per heavy atom. The van der Waals surface area contributed by atoms with Crippen LogP contribution in [0.3, 0.4) is 0 Å². The topological polar surface area (TPSA) is 93.6 Å². The van der Waals surface area contributed by atoms with Crippen LogP contribution in [0.2, 0.25) is 0 Å². The molecule has 1 aromatic rings. The van der Waals surface area contributed by atoms with Crippen LogP contribution in [0.5, 0.6) is 0 Å². The molecule has 0 saturated carbocycles. The number of H-pyrrole nitrogens is 1. The first kappa shape index (κ1) is 9.90. The highest BCUT2D eigenvalue weighted by Crippen LogP contribution is 2.31. The fraction of sp³-hybridized carbons (Fsp3) is 0.364. The van der Waals surface area contributed by atoms with Gasteiger partial charge in [-0.05, 0) is 12.8 Å². The second-order valence-electron chi connectivity index (χ2n) is 4.10. The Balaban J connectivity index is 2.07. The van der Waals surface area contributed by atoms with Gasteiger partial charge in [0.15, 0.2) is 12.0 Å². The molecule has 0 fully saturated rings. The van der Waals surface area contributed by atoms with Crippen LogP contribution in [0, 0.1) is 11.5 Å². The lowest BCUT2D eigenvalue weighted by Crippen LogP contribution is -2.29. The SMILES string of the molecule is N#CNc1nc2c([nH]1)CCC1=C2NCCC1=O. The fourth-order valence-electron chi connectivity index (χ4n) is 2.35. The summed E-state index contributed by atoms with van der Waals surface area (Å²) >= 11 is 0. The number of hydrogen-bond donors (Lipinski definition) is 3. The number of ketones is 1. The number of carbonyl (C=O) groups excluding carboxylic acids is 1. The van der Waals surface area contributed by atoms with Gasteiger partial charge in [0.25, 0.3) is 0 Å². The third-order valence-electron chi connectivity index (χ3n) is 3.11. The van der Waals surface area contributed by atoms with Crippen molar-refractivity contribution in [2.45, 2.75) is 19.3 Å². The average molecular weight is 229 g/mol. The number of nitrogens with zero attached hydrogens (tertiary/aromatic N) is 2. The molecular formula is C11H11N5O. The molecule has 0 radical (unpaired) electrons. The van der Waals surface area contributed by atoms with Gasteiger partial charge < -0.3 is 10.3 Å². The second-order valence-corrected chi connectivity index (χ2v) is 4.10. The van der Waals surface area contributed by atoms with E-state index in [1.165, 1.54) is 0 Å². The number of aromatic amines is 1. The van der Waals surface area contributed by atoms with Crippen LogP contribution < -0.4 is 10.6 Å². The summed E-state index contributed by atoms with van der Waals surface area (Å²) in [5.41, 5.74) is 3.43. The number of anilines is 1. The van der Waals surface area contributed by atoms with Crippen molar-refractivity contribution in [1.29, 1.82) is 5.26 Å². The Bertz CT molecular complexity index is 563. The average Bonchev–Trinajstić information content (AvgIpc) is 2.73. The number of fused-ring (bicyclic) bond motifs is 2. The number of rotatable bonds is 1. The molecule has 1 aliphatic heterocycles. The molecule has 0 spiro atoms. The van der Waals surface area contributed by atoms with Crippen molar-refractivity contribution in [3.05, 3.63) is 17.0 Å². The van der Waals surface area contributed by atoms with Gasteiger partial charge in [0.2, 0.25) is 5.95 Å². The van der Waals surface area contributed by atoms with Crippen LogP contribution in [-0.2, 0) is 11.2 Å². The first-order chi connectivity index (χ1) is 8.29. The van der Waals surface area contributed by atoms with E-state index in [1.807, 2.05) is 6.19 Å². The van der Waals surface area contributed by atoms with Gasteiger partial charge in [0.05, 0.1) is 5.70 Å². The highest BCUT2D eigenvalue weighted by molar-refractivity contribution is 6.04. The molecule has 0 saturated heterocycles. The number of nitrogens with one attached hydrogen (secondary N) is 3. The summed E-state index contributed by atoms with van der Waals surface area (Å²) in [4.78, 5) is 19.1. The van der Waals surface area contributed by atoms with Gasteiger partial charge in [-0.25, -0.2) is 4.98 Å². The van der Waals surface area contributed by atoms with E-state index in [2.05, 4.69) is 20.6 Å². The Labute approximate surface area is 97.7 Å². The molecule has 86 valence electrons. The molecule has 2 aliphatic rings. The molecule has 6 heteroatoms. The molecule has 3 N–H and O–H groups in total. The van der Waals surface area contributed by atoms with Crippen LogP contribution in [0.15, 0.2) is 5.57 Å². The van der Waals surface area contributed by atoms with Gasteiger partial charge in [-0.2, -0.15) is 5.26 Å². The number of aryl methyl sites for hydroxylation is 1. The molecule has 1 aliphatic carbocycles. The zero-order valence-electron chi connectivity index (χ0n) is 9.13. The highest BCUT2D eigenvalue weighted by atomic mass is 16.1. The van der Waals surface area contributed by atoms with E-state index < -0.39 is 0 Å². The summed E-state index contributed by atoms with van der Waals surface area (Å²) in [6.07, 6.45) is 3.89. The number of allylic oxidation sites excluding steroid dienone is 1. The maximum Gasteiger partial charge on any atom is 0.214 e. The van der Waals surface area contributed by atoms with E-state index in [-0.39, 0.29) is 5.78 Å². The quantitative estimate of drug-likeness (QED) is 0.482. The Morgan fingerprint density at radius 2 is 2.24 bits per heavy atom. The molecular weight excluding hydrogens is 218 g/mol. The number of imidazole rings is 1. The standard InChI is InChI=1S/C11H11N5O/c12-5-14-11-15-7-2-1-6-8(17)3-4-13-9(6)10(7)16-11/h13H,1-4H2,(H2,14,15,16). The summed E-state index contributed by atoms with van der Waals surface area (Å²) < 4.78 is 0. The molecule has 0 atom stereocenters. The van der Waals surface area contributed by atoms with Crippen molar-refractivity contribution in [3.63, 3.8) is 0 Å². The highest BCUT2D eigenvalue weighted by Gasteiger charge is 2.28. The van der Waals surface area contributed by atoms with E-state index in [0.717, 1.165) is 35.5 Å². The summed E-state index contributed by atoms with van der Waals surface area (Å²) in [5.74, 6) is 0.647. The third kappa shape index (κ3) is 1.47. The van der Waals surface area contributed by atoms with Crippen LogP contribution in [0.4, 0.5) is 5.95 Å². The largest absolute Gasteiger partial charge is 0.382 e. The molecule has 0 bridgehead atoms. The van der Waals surface area contributed by atoms with Crippen molar-refractivity contribution >= 4 is 17.4 Å². The Hall–Kier alpha value is -2.29. The van der Waals surface area contributed by atoms with Gasteiger partial charge in [-0.15, -0.1) is 0 Å². The maximum absolute atomic E-state index is 11.8. The van der Waals surface area contributed by atoms with Crippen molar-refractivity contribution in [2.75, 3.05) is 11.9 Å². The Kier molecular flexibility index (Phi) is 2.11. The number of nitriles is 1. The molecule has 3 rings (SSSR count). The van der Waals surface area contributed by atoms with Gasteiger partial charge >= 0.3 is 0 Å². The molecule has 0 aromatic carbocycles. The second kappa shape index (κ2) is 3.63. The minimum absolute atomic E-state index is 0.210. The Morgan fingerprint density at radius 3 is 3.06 bits per heavy atom. The lowest BCUT2D eigenvalue weighted by molar-refractivity contribution is -0.115. The van der Waals surface area contributed by atoms with Crippen LogP contribution >= 0.6 is 0 Å². The predicted octanol–water partition coefficient (Wildman–Crippen LogP) is 0.522. The van der Waals surface area contributed by atoms with Crippen LogP contribution in [0.1, 0.15) is 24.2 Å². The zero-order chi connectivity index (χ0) is 11.8. The van der Waals surface area contributed by atoms with Crippen LogP contribution in [-0.4, -0.2) is 22.3 Å². The van der Waals surface area contributed by atoms with Crippen LogP contribution in [0.25, 0.3) is 5.70 Å². The summed E-state index contributed by atoms with van der Waals surface area (Å²) in [6, 6.07) is 0. The normalized spacial score (nSPS) is 17.9. The lowest BCUT2D eigenvalue weighted by atomic mass is 9.90. The number of aromatic nitrogens is 2. The number of Topliss-reactive ketones (excluding diaryl/α,β-unsaturated/α-hetero) is 1. The minimum Gasteiger partial charge on any atom is -0.382 e. The van der Waals surface area contributed by atoms with Crippen molar-refractivity contribution in [2.24, 2.45) is 0 Å². The molecule has 6 nitrogen and oxygen atoms in total. The summed E-state index contributed by atoms with van der Waals surface area (Å²) in [6.45, 7) is 0.658. The summed E-state index contributed by atoms with van der Waals surface area (Å²) in [7, 11) is 0. The first-order valence-corrected chi connectivity index (χ1v) is 5.54. The van der Waals surface area contributed by atoms with Gasteiger partial charge in [0.1, 0.15) is 5.69 Å². The number of carbonyl (C=O) groups is 1. The maximum atomic E-state index is 11.8. The van der Waals surface area contributed by atoms with E-state index in [0.29, 0.717) is 18.9 Å². The smallest absolute Gasteiger partial charge is 0.214 e. The molecule has 1 aromatic heterocycles. The molecule has 2 heterocycles. The van der Waals surface area contributed by atoms with Gasteiger partial charge in [0, 0.05) is 24.2 Å². The van der Waals surface area contributed by atoms with Gasteiger partial charge in [-0.1, -0.05) is 0 Å². The molecule has 17 heavy (non-hydrogen) atoms. The third-order valence-corrected chi connectivity index (χ3v) is 3.11. The molecule has 0 unspecified atom stereocenters. The lowest BCUT2D eigenvalue weighted by Gasteiger charge is -2.24. The number of hydrogen-bond acceptors (Lipinski definition) is 5. The van der Waals surface area contributed by atoms with E-state index in [4.69, 9.17) is 5.26 Å². The fourth-order valence-corrected chi connectivity index (χ4v) is 2.35. The van der Waals surface area contributed by atoms with Crippen molar-refractivity contribution in [3.8, 4) is 6.19 Å². The predicted molar refractivity (Wildman–Crippen MR) is 60.7 cm³/mol. The van der Waals surface area contributed by atoms with E-state index in [9.17, 15) is 4.79 Å². The van der Waals surface area contributed by atoms with Crippen molar-refractivity contribution in [1.82, 2.24) is 15.3 Å². The molecule has 0 amide bonds. The van der Waals surface area contributed by atoms with Crippen molar-refractivity contribution < 1.29 is 4.79 Å². The monoisotopic (exact) mass is 229 g/mol. The zero-order valence-corrected chi connectivity index (χ0v) is 9.13. The minimum atomic E-state index is 0.210.